The molecule has 1 aliphatic heterocycles. The summed E-state index contributed by atoms with van der Waals surface area (Å²) in [4.78, 5) is 48.7. The van der Waals surface area contributed by atoms with Crippen molar-refractivity contribution in [1.82, 2.24) is 10.2 Å². The van der Waals surface area contributed by atoms with E-state index in [4.69, 9.17) is 9.84 Å². The molecule has 2 N–H and O–H groups in total. The number of carbonyl (C=O) groups is 4. The maximum Gasteiger partial charge on any atom is 0.322 e. The van der Waals surface area contributed by atoms with E-state index in [1.807, 2.05) is 24.3 Å². The molecule has 8 heteroatoms. The fourth-order valence-electron chi connectivity index (χ4n) is 3.03. The molecule has 1 aromatic carbocycles. The standard InChI is InChI=1S/C20H24N2O6/c1-20(7-8-20)12-28-14-4-2-13(3-5-14)11-22-9-6-15(23)17(19(22)27)18(26)21-10-16(24)25/h2-5,17H,6-12H2,1H3,(H,21,26)(H,24,25). The highest BCUT2D eigenvalue weighted by Gasteiger charge is 2.40. The number of amides is 2. The van der Waals surface area contributed by atoms with Crippen LogP contribution >= 0.6 is 0 Å². The Morgan fingerprint density at radius 3 is 2.54 bits per heavy atom. The van der Waals surface area contributed by atoms with Crippen LogP contribution in [-0.4, -0.2) is 53.3 Å². The van der Waals surface area contributed by atoms with E-state index in [1.54, 1.807) is 0 Å². The van der Waals surface area contributed by atoms with E-state index in [2.05, 4.69) is 12.2 Å². The Hall–Kier alpha value is -2.90. The smallest absolute Gasteiger partial charge is 0.322 e. The van der Waals surface area contributed by atoms with Gasteiger partial charge in [0.1, 0.15) is 12.3 Å². The van der Waals surface area contributed by atoms with E-state index >= 15 is 0 Å². The lowest BCUT2D eigenvalue weighted by molar-refractivity contribution is -0.152. The second kappa shape index (κ2) is 8.00. The van der Waals surface area contributed by atoms with E-state index in [1.165, 1.54) is 17.7 Å². The normalized spacial score (nSPS) is 20.6. The van der Waals surface area contributed by atoms with E-state index in [0.717, 1.165) is 11.3 Å². The number of benzene rings is 1. The van der Waals surface area contributed by atoms with Gasteiger partial charge >= 0.3 is 5.97 Å². The summed E-state index contributed by atoms with van der Waals surface area (Å²) >= 11 is 0. The molecule has 1 saturated heterocycles. The van der Waals surface area contributed by atoms with Crippen molar-refractivity contribution in [1.29, 1.82) is 0 Å². The average molecular weight is 388 g/mol. The molecule has 1 saturated carbocycles. The fraction of sp³-hybridized carbons (Fsp3) is 0.500. The van der Waals surface area contributed by atoms with Crippen molar-refractivity contribution in [2.45, 2.75) is 32.7 Å². The molecule has 1 aromatic rings. The lowest BCUT2D eigenvalue weighted by Gasteiger charge is -2.30. The lowest BCUT2D eigenvalue weighted by Crippen LogP contribution is -2.52. The van der Waals surface area contributed by atoms with Crippen molar-refractivity contribution in [3.63, 3.8) is 0 Å². The maximum absolute atomic E-state index is 12.6. The molecule has 28 heavy (non-hydrogen) atoms. The molecular weight excluding hydrogens is 364 g/mol. The summed E-state index contributed by atoms with van der Waals surface area (Å²) in [5.41, 5.74) is 1.15. The van der Waals surface area contributed by atoms with Crippen molar-refractivity contribution in [2.75, 3.05) is 19.7 Å². The minimum atomic E-state index is -1.48. The molecule has 8 nitrogen and oxygen atoms in total. The van der Waals surface area contributed by atoms with Gasteiger partial charge < -0.3 is 20.1 Å². The highest BCUT2D eigenvalue weighted by atomic mass is 16.5. The van der Waals surface area contributed by atoms with Gasteiger partial charge in [-0.05, 0) is 30.5 Å². The molecule has 1 unspecified atom stereocenters. The highest BCUT2D eigenvalue weighted by molar-refractivity contribution is 6.19. The lowest BCUT2D eigenvalue weighted by atomic mass is 9.94. The highest BCUT2D eigenvalue weighted by Crippen LogP contribution is 2.45. The van der Waals surface area contributed by atoms with Gasteiger partial charge in [-0.2, -0.15) is 0 Å². The number of nitrogens with one attached hydrogen (secondary N) is 1. The van der Waals surface area contributed by atoms with Crippen LogP contribution < -0.4 is 10.1 Å². The van der Waals surface area contributed by atoms with Crippen molar-refractivity contribution >= 4 is 23.6 Å². The van der Waals surface area contributed by atoms with E-state index in [0.29, 0.717) is 12.0 Å². The first kappa shape index (κ1) is 19.9. The molecule has 150 valence electrons. The first-order valence-corrected chi connectivity index (χ1v) is 9.30. The number of hydrogen-bond donors (Lipinski definition) is 2. The van der Waals surface area contributed by atoms with Gasteiger partial charge in [0, 0.05) is 24.9 Å². The summed E-state index contributed by atoms with van der Waals surface area (Å²) in [6.45, 7) is 2.75. The Balaban J connectivity index is 1.58. The zero-order chi connectivity index (χ0) is 20.3. The SMILES string of the molecule is CC1(COc2ccc(CN3CCC(=O)C(C(=O)NCC(=O)O)C3=O)cc2)CC1. The molecule has 0 radical (unpaired) electrons. The van der Waals surface area contributed by atoms with Gasteiger partial charge in [0.15, 0.2) is 11.7 Å². The minimum Gasteiger partial charge on any atom is -0.493 e. The molecule has 2 fully saturated rings. The summed E-state index contributed by atoms with van der Waals surface area (Å²) in [5.74, 6) is -3.89. The zero-order valence-electron chi connectivity index (χ0n) is 15.8. The van der Waals surface area contributed by atoms with Crippen LogP contribution in [0, 0.1) is 11.3 Å². The average Bonchev–Trinajstić information content (AvgIpc) is 3.39. The van der Waals surface area contributed by atoms with Crippen LogP contribution in [0.2, 0.25) is 0 Å². The van der Waals surface area contributed by atoms with Crippen molar-refractivity contribution in [3.8, 4) is 5.75 Å². The summed E-state index contributed by atoms with van der Waals surface area (Å²) in [7, 11) is 0. The van der Waals surface area contributed by atoms with Crippen LogP contribution in [0.25, 0.3) is 0 Å². The van der Waals surface area contributed by atoms with Crippen LogP contribution in [0.3, 0.4) is 0 Å². The van der Waals surface area contributed by atoms with E-state index < -0.39 is 36.0 Å². The topological polar surface area (TPSA) is 113 Å². The first-order valence-electron chi connectivity index (χ1n) is 9.30. The number of nitrogens with zero attached hydrogens (tertiary/aromatic N) is 1. The third kappa shape index (κ3) is 4.88. The number of carboxylic acid groups (broad SMARTS) is 1. The first-order chi connectivity index (χ1) is 13.3. The fourth-order valence-corrected chi connectivity index (χ4v) is 3.03. The summed E-state index contributed by atoms with van der Waals surface area (Å²) in [6.07, 6.45) is 2.43. The molecule has 2 aliphatic rings. The number of aliphatic carboxylic acids is 1. The molecule has 1 heterocycles. The van der Waals surface area contributed by atoms with E-state index in [-0.39, 0.29) is 19.5 Å². The molecule has 3 rings (SSSR count). The van der Waals surface area contributed by atoms with Gasteiger partial charge in [-0.25, -0.2) is 0 Å². The zero-order valence-corrected chi connectivity index (χ0v) is 15.8. The van der Waals surface area contributed by atoms with Crippen molar-refractivity contribution in [2.24, 2.45) is 11.3 Å². The number of carboxylic acids is 1. The van der Waals surface area contributed by atoms with Gasteiger partial charge in [0.05, 0.1) is 6.61 Å². The predicted molar refractivity (Wildman–Crippen MR) is 98.5 cm³/mol. The Kier molecular flexibility index (Phi) is 5.67. The number of ketones is 1. The monoisotopic (exact) mass is 388 g/mol. The molecule has 1 aliphatic carbocycles. The number of hydrogen-bond acceptors (Lipinski definition) is 5. The Bertz CT molecular complexity index is 784. The number of rotatable bonds is 8. The van der Waals surface area contributed by atoms with Gasteiger partial charge in [0.25, 0.3) is 0 Å². The summed E-state index contributed by atoms with van der Waals surface area (Å²) < 4.78 is 5.78. The van der Waals surface area contributed by atoms with Crippen LogP contribution in [0.5, 0.6) is 5.75 Å². The second-order valence-corrected chi connectivity index (χ2v) is 7.76. The van der Waals surface area contributed by atoms with Crippen LogP contribution in [0.15, 0.2) is 24.3 Å². The minimum absolute atomic E-state index is 0.0661. The Labute approximate surface area is 162 Å². The Morgan fingerprint density at radius 2 is 1.93 bits per heavy atom. The summed E-state index contributed by atoms with van der Waals surface area (Å²) in [5, 5.41) is 10.8. The maximum atomic E-state index is 12.6. The molecule has 1 atom stereocenters. The van der Waals surface area contributed by atoms with Crippen molar-refractivity contribution in [3.05, 3.63) is 29.8 Å². The molecular formula is C20H24N2O6. The van der Waals surface area contributed by atoms with Gasteiger partial charge in [-0.15, -0.1) is 0 Å². The van der Waals surface area contributed by atoms with Gasteiger partial charge in [-0.1, -0.05) is 19.1 Å². The summed E-state index contributed by atoms with van der Waals surface area (Å²) in [6, 6.07) is 7.40. The number of Topliss-reactive ketones (excluding diaryl/α,β-unsaturated/α-hetero) is 1. The predicted octanol–water partition coefficient (Wildman–Crippen LogP) is 0.984. The number of likely N-dealkylation sites (tertiary alicyclic amines) is 1. The number of piperidine rings is 1. The second-order valence-electron chi connectivity index (χ2n) is 7.76. The van der Waals surface area contributed by atoms with Crippen LogP contribution in [0.1, 0.15) is 31.7 Å². The molecule has 2 amide bonds. The third-order valence-electron chi connectivity index (χ3n) is 5.17. The molecule has 0 aromatic heterocycles. The third-order valence-corrected chi connectivity index (χ3v) is 5.17. The molecule has 0 bridgehead atoms. The van der Waals surface area contributed by atoms with E-state index in [9.17, 15) is 19.2 Å². The van der Waals surface area contributed by atoms with Gasteiger partial charge in [0.2, 0.25) is 11.8 Å². The Morgan fingerprint density at radius 1 is 1.25 bits per heavy atom. The van der Waals surface area contributed by atoms with Crippen molar-refractivity contribution < 1.29 is 29.0 Å². The van der Waals surface area contributed by atoms with Gasteiger partial charge in [-0.3, -0.25) is 19.2 Å². The number of carbonyl (C=O) groups excluding carboxylic acids is 3. The molecule has 0 spiro atoms. The van der Waals surface area contributed by atoms with Crippen LogP contribution in [0.4, 0.5) is 0 Å². The van der Waals surface area contributed by atoms with Crippen LogP contribution in [-0.2, 0) is 25.7 Å². The quantitative estimate of drug-likeness (QED) is 0.642. The number of ether oxygens (including phenoxy) is 1. The largest absolute Gasteiger partial charge is 0.493 e.